The second-order valence-electron chi connectivity index (χ2n) is 2.87. The summed E-state index contributed by atoms with van der Waals surface area (Å²) in [6.07, 6.45) is 0. The fraction of sp³-hybridized carbons (Fsp3) is 0. The molecular formula is C10H5ClO3. The van der Waals surface area contributed by atoms with Gasteiger partial charge in [0, 0.05) is 11.1 Å². The first-order valence-corrected chi connectivity index (χ1v) is 4.28. The smallest absolute Gasteiger partial charge is 0.341 e. The summed E-state index contributed by atoms with van der Waals surface area (Å²) in [5.41, 5.74) is 0.513. The molecule has 0 spiro atoms. The van der Waals surface area contributed by atoms with Crippen LogP contribution in [0, 0.1) is 0 Å². The van der Waals surface area contributed by atoms with Crippen LogP contribution in [-0.4, -0.2) is 16.9 Å². The van der Waals surface area contributed by atoms with E-state index in [2.05, 4.69) is 0 Å². The highest BCUT2D eigenvalue weighted by molar-refractivity contribution is 6.57. The number of carboxylic acids is 1. The van der Waals surface area contributed by atoms with Gasteiger partial charge in [-0.05, 0) is 0 Å². The van der Waals surface area contributed by atoms with Crippen LogP contribution in [0.25, 0.3) is 5.03 Å². The third kappa shape index (κ3) is 1.06. The number of hydrogen-bond acceptors (Lipinski definition) is 2. The normalized spacial score (nSPS) is 14.5. The minimum Gasteiger partial charge on any atom is -0.477 e. The SMILES string of the molecule is O=C(O)C1=C(Cl)c2ccccc2C1=O. The van der Waals surface area contributed by atoms with E-state index in [0.717, 1.165) is 0 Å². The minimum atomic E-state index is -1.28. The summed E-state index contributed by atoms with van der Waals surface area (Å²) in [5, 5.41) is 8.79. The van der Waals surface area contributed by atoms with Gasteiger partial charge in [0.25, 0.3) is 0 Å². The Morgan fingerprint density at radius 2 is 1.79 bits per heavy atom. The second-order valence-corrected chi connectivity index (χ2v) is 3.25. The molecular weight excluding hydrogens is 204 g/mol. The monoisotopic (exact) mass is 208 g/mol. The summed E-state index contributed by atoms with van der Waals surface area (Å²) >= 11 is 5.78. The number of fused-ring (bicyclic) bond motifs is 1. The van der Waals surface area contributed by atoms with Gasteiger partial charge in [0.1, 0.15) is 5.57 Å². The Kier molecular flexibility index (Phi) is 1.89. The van der Waals surface area contributed by atoms with Crippen molar-refractivity contribution in [3.05, 3.63) is 41.0 Å². The summed E-state index contributed by atoms with van der Waals surface area (Å²) in [7, 11) is 0. The van der Waals surface area contributed by atoms with Crippen molar-refractivity contribution < 1.29 is 14.7 Å². The Hall–Kier alpha value is -1.61. The zero-order valence-corrected chi connectivity index (χ0v) is 7.71. The summed E-state index contributed by atoms with van der Waals surface area (Å²) in [6.45, 7) is 0. The minimum absolute atomic E-state index is 0.0260. The average Bonchev–Trinajstić information content (AvgIpc) is 2.41. The first-order valence-electron chi connectivity index (χ1n) is 3.90. The number of benzene rings is 1. The van der Waals surface area contributed by atoms with Gasteiger partial charge in [-0.2, -0.15) is 0 Å². The number of halogens is 1. The van der Waals surface area contributed by atoms with Crippen LogP contribution < -0.4 is 0 Å². The van der Waals surface area contributed by atoms with E-state index in [4.69, 9.17) is 16.7 Å². The maximum atomic E-state index is 11.5. The molecule has 2 rings (SSSR count). The highest BCUT2D eigenvalue weighted by Crippen LogP contribution is 2.35. The molecule has 70 valence electrons. The van der Waals surface area contributed by atoms with Crippen LogP contribution in [0.2, 0.25) is 0 Å². The largest absolute Gasteiger partial charge is 0.477 e. The average molecular weight is 209 g/mol. The van der Waals surface area contributed by atoms with Crippen LogP contribution in [0.5, 0.6) is 0 Å². The Balaban J connectivity index is 2.69. The molecule has 4 heteroatoms. The molecule has 0 radical (unpaired) electrons. The van der Waals surface area contributed by atoms with Crippen LogP contribution in [0.3, 0.4) is 0 Å². The molecule has 0 fully saturated rings. The molecule has 1 aromatic rings. The third-order valence-corrected chi connectivity index (χ3v) is 2.46. The predicted octanol–water partition coefficient (Wildman–Crippen LogP) is 1.92. The Morgan fingerprint density at radius 1 is 1.21 bits per heavy atom. The van der Waals surface area contributed by atoms with Crippen LogP contribution in [0.4, 0.5) is 0 Å². The van der Waals surface area contributed by atoms with Gasteiger partial charge in [-0.1, -0.05) is 35.9 Å². The lowest BCUT2D eigenvalue weighted by Gasteiger charge is -1.94. The van der Waals surface area contributed by atoms with Crippen LogP contribution in [-0.2, 0) is 4.79 Å². The zero-order valence-electron chi connectivity index (χ0n) is 6.95. The van der Waals surface area contributed by atoms with Gasteiger partial charge in [-0.3, -0.25) is 4.79 Å². The zero-order chi connectivity index (χ0) is 10.3. The first kappa shape index (κ1) is 8.97. The molecule has 14 heavy (non-hydrogen) atoms. The van der Waals surface area contributed by atoms with Gasteiger partial charge in [0.2, 0.25) is 5.78 Å². The number of ketones is 1. The highest BCUT2D eigenvalue weighted by Gasteiger charge is 2.32. The number of rotatable bonds is 1. The van der Waals surface area contributed by atoms with Crippen molar-refractivity contribution in [3.63, 3.8) is 0 Å². The topological polar surface area (TPSA) is 54.4 Å². The fourth-order valence-corrected chi connectivity index (χ4v) is 1.76. The van der Waals surface area contributed by atoms with E-state index in [1.54, 1.807) is 24.3 Å². The Labute approximate surface area is 84.6 Å². The number of carbonyl (C=O) groups is 2. The molecule has 0 atom stereocenters. The fourth-order valence-electron chi connectivity index (χ4n) is 1.43. The first-order chi connectivity index (χ1) is 6.63. The van der Waals surface area contributed by atoms with Crippen molar-refractivity contribution in [2.45, 2.75) is 0 Å². The van der Waals surface area contributed by atoms with Crippen molar-refractivity contribution in [1.82, 2.24) is 0 Å². The van der Waals surface area contributed by atoms with E-state index in [9.17, 15) is 9.59 Å². The van der Waals surface area contributed by atoms with Crippen LogP contribution in [0.15, 0.2) is 29.8 Å². The van der Waals surface area contributed by atoms with Crippen molar-refractivity contribution >= 4 is 28.4 Å². The predicted molar refractivity (Wildman–Crippen MR) is 51.2 cm³/mol. The van der Waals surface area contributed by atoms with E-state index in [0.29, 0.717) is 11.1 Å². The van der Waals surface area contributed by atoms with Gasteiger partial charge >= 0.3 is 5.97 Å². The van der Waals surface area contributed by atoms with E-state index in [-0.39, 0.29) is 10.6 Å². The quantitative estimate of drug-likeness (QED) is 0.718. The molecule has 0 aliphatic heterocycles. The Morgan fingerprint density at radius 3 is 2.29 bits per heavy atom. The van der Waals surface area contributed by atoms with E-state index >= 15 is 0 Å². The standard InChI is InChI=1S/C10H5ClO3/c11-8-5-3-1-2-4-6(5)9(12)7(8)10(13)14/h1-4H,(H,13,14). The molecule has 0 aromatic heterocycles. The molecule has 0 unspecified atom stereocenters. The summed E-state index contributed by atoms with van der Waals surface area (Å²) in [6, 6.07) is 6.58. The summed E-state index contributed by atoms with van der Waals surface area (Å²) in [5.74, 6) is -1.80. The van der Waals surface area contributed by atoms with Gasteiger partial charge in [0.05, 0.1) is 5.03 Å². The number of Topliss-reactive ketones (excluding diaryl/α,β-unsaturated/α-hetero) is 1. The van der Waals surface area contributed by atoms with E-state index in [1.807, 2.05) is 0 Å². The van der Waals surface area contributed by atoms with Crippen molar-refractivity contribution in [2.75, 3.05) is 0 Å². The Bertz CT molecular complexity index is 474. The summed E-state index contributed by atoms with van der Waals surface area (Å²) < 4.78 is 0. The van der Waals surface area contributed by atoms with Crippen molar-refractivity contribution in [3.8, 4) is 0 Å². The van der Waals surface area contributed by atoms with Crippen molar-refractivity contribution in [2.24, 2.45) is 0 Å². The number of carboxylic acid groups (broad SMARTS) is 1. The van der Waals surface area contributed by atoms with Gasteiger partial charge < -0.3 is 5.11 Å². The van der Waals surface area contributed by atoms with Crippen LogP contribution >= 0.6 is 11.6 Å². The molecule has 0 bridgehead atoms. The molecule has 0 saturated carbocycles. The third-order valence-electron chi connectivity index (χ3n) is 2.07. The lowest BCUT2D eigenvalue weighted by Crippen LogP contribution is -2.08. The number of carbonyl (C=O) groups excluding carboxylic acids is 1. The van der Waals surface area contributed by atoms with Gasteiger partial charge in [-0.25, -0.2) is 4.79 Å². The number of hydrogen-bond donors (Lipinski definition) is 1. The van der Waals surface area contributed by atoms with E-state index in [1.165, 1.54) is 0 Å². The molecule has 1 N–H and O–H groups in total. The second kappa shape index (κ2) is 2.96. The van der Waals surface area contributed by atoms with Gasteiger partial charge in [0.15, 0.2) is 0 Å². The molecule has 3 nitrogen and oxygen atoms in total. The molecule has 1 aromatic carbocycles. The molecule has 1 aliphatic rings. The molecule has 1 aliphatic carbocycles. The maximum Gasteiger partial charge on any atom is 0.341 e. The molecule has 0 heterocycles. The lowest BCUT2D eigenvalue weighted by molar-refractivity contribution is -0.132. The summed E-state index contributed by atoms with van der Waals surface area (Å²) in [4.78, 5) is 22.3. The lowest BCUT2D eigenvalue weighted by atomic mass is 10.1. The van der Waals surface area contributed by atoms with Gasteiger partial charge in [-0.15, -0.1) is 0 Å². The van der Waals surface area contributed by atoms with Crippen molar-refractivity contribution in [1.29, 1.82) is 0 Å². The maximum absolute atomic E-state index is 11.5. The molecule has 0 amide bonds. The molecule has 0 saturated heterocycles. The number of aliphatic carboxylic acids is 1. The highest BCUT2D eigenvalue weighted by atomic mass is 35.5. The van der Waals surface area contributed by atoms with Crippen LogP contribution in [0.1, 0.15) is 15.9 Å². The van der Waals surface area contributed by atoms with E-state index < -0.39 is 11.8 Å².